The van der Waals surface area contributed by atoms with E-state index in [0.717, 1.165) is 10.5 Å². The van der Waals surface area contributed by atoms with Crippen LogP contribution in [0.3, 0.4) is 0 Å². The molecule has 10 heteroatoms. The molecule has 3 heterocycles. The Hall–Kier alpha value is -4.60. The maximum atomic E-state index is 13.0. The second kappa shape index (κ2) is 8.39. The Labute approximate surface area is 193 Å². The number of anilines is 1. The number of hydrogen-bond donors (Lipinski definition) is 2. The fraction of sp³-hybridized carbons (Fsp3) is 0.167. The van der Waals surface area contributed by atoms with Crippen molar-refractivity contribution >= 4 is 29.3 Å². The molecule has 0 spiro atoms. The maximum Gasteiger partial charge on any atom is 0.262 e. The fourth-order valence-electron chi connectivity index (χ4n) is 3.94. The summed E-state index contributed by atoms with van der Waals surface area (Å²) in [5, 5.41) is 7.03. The lowest BCUT2D eigenvalue weighted by Crippen LogP contribution is -2.45. The van der Waals surface area contributed by atoms with Gasteiger partial charge in [0.1, 0.15) is 11.9 Å². The van der Waals surface area contributed by atoms with Crippen molar-refractivity contribution in [3.63, 3.8) is 0 Å². The van der Waals surface area contributed by atoms with Crippen molar-refractivity contribution < 1.29 is 14.4 Å². The molecule has 0 saturated carbocycles. The van der Waals surface area contributed by atoms with Crippen molar-refractivity contribution in [3.05, 3.63) is 93.5 Å². The van der Waals surface area contributed by atoms with Gasteiger partial charge in [-0.25, -0.2) is 0 Å². The zero-order chi connectivity index (χ0) is 23.8. The zero-order valence-electron chi connectivity index (χ0n) is 18.2. The average Bonchev–Trinajstić information content (AvgIpc) is 3.36. The quantitative estimate of drug-likeness (QED) is 0.426. The van der Waals surface area contributed by atoms with Gasteiger partial charge in [0.15, 0.2) is 5.82 Å². The molecular weight excluding hydrogens is 436 g/mol. The number of benzene rings is 2. The standard InChI is InChI=1S/C24H20N6O4/c1-14(29-22(33)16-9-5-6-10-17(16)23(29)34)21(32)26-19-13-20(31)27-24-25-18(28-30(19)24)12-11-15-7-3-2-4-8-15/h2-10,13-14H,11-12H2,1H3,(H,26,32)(H,25,27,28,31). The number of fused-ring (bicyclic) bond motifs is 2. The van der Waals surface area contributed by atoms with Gasteiger partial charge in [-0.2, -0.15) is 9.50 Å². The molecule has 34 heavy (non-hydrogen) atoms. The van der Waals surface area contributed by atoms with Gasteiger partial charge in [0.05, 0.1) is 11.1 Å². The highest BCUT2D eigenvalue weighted by Gasteiger charge is 2.40. The third-order valence-electron chi connectivity index (χ3n) is 5.71. The van der Waals surface area contributed by atoms with Crippen LogP contribution in [0.15, 0.2) is 65.5 Å². The summed E-state index contributed by atoms with van der Waals surface area (Å²) in [6.45, 7) is 1.45. The second-order valence-electron chi connectivity index (χ2n) is 7.96. The summed E-state index contributed by atoms with van der Waals surface area (Å²) in [6.07, 6.45) is 1.24. The number of aromatic nitrogens is 4. The summed E-state index contributed by atoms with van der Waals surface area (Å²) in [7, 11) is 0. The maximum absolute atomic E-state index is 13.0. The molecule has 5 rings (SSSR count). The first-order valence-corrected chi connectivity index (χ1v) is 10.7. The van der Waals surface area contributed by atoms with Crippen LogP contribution in [-0.4, -0.2) is 48.2 Å². The summed E-state index contributed by atoms with van der Waals surface area (Å²) in [5.74, 6) is -0.950. The molecule has 3 amide bonds. The molecule has 4 aromatic rings. The van der Waals surface area contributed by atoms with E-state index < -0.39 is 29.3 Å². The number of aromatic amines is 1. The molecule has 0 aliphatic carbocycles. The first-order chi connectivity index (χ1) is 16.4. The van der Waals surface area contributed by atoms with E-state index in [1.807, 2.05) is 30.3 Å². The predicted molar refractivity (Wildman–Crippen MR) is 122 cm³/mol. The van der Waals surface area contributed by atoms with Gasteiger partial charge in [0.2, 0.25) is 11.7 Å². The largest absolute Gasteiger partial charge is 0.309 e. The van der Waals surface area contributed by atoms with Crippen molar-refractivity contribution in [1.82, 2.24) is 24.5 Å². The Morgan fingerprint density at radius 1 is 0.971 bits per heavy atom. The van der Waals surface area contributed by atoms with Crippen molar-refractivity contribution in [3.8, 4) is 0 Å². The smallest absolute Gasteiger partial charge is 0.262 e. The highest BCUT2D eigenvalue weighted by Crippen LogP contribution is 2.25. The van der Waals surface area contributed by atoms with E-state index in [0.29, 0.717) is 18.7 Å². The van der Waals surface area contributed by atoms with Gasteiger partial charge in [-0.15, -0.1) is 5.10 Å². The molecule has 1 aliphatic rings. The van der Waals surface area contributed by atoms with Crippen LogP contribution in [0.4, 0.5) is 5.82 Å². The monoisotopic (exact) mass is 456 g/mol. The van der Waals surface area contributed by atoms with Gasteiger partial charge in [-0.05, 0) is 31.0 Å². The Bertz CT molecular complexity index is 1460. The van der Waals surface area contributed by atoms with E-state index in [1.54, 1.807) is 24.3 Å². The van der Waals surface area contributed by atoms with Crippen molar-refractivity contribution in [2.75, 3.05) is 5.32 Å². The summed E-state index contributed by atoms with van der Waals surface area (Å²) < 4.78 is 1.33. The number of H-pyrrole nitrogens is 1. The summed E-state index contributed by atoms with van der Waals surface area (Å²) in [5.41, 5.74) is 1.16. The fourth-order valence-corrected chi connectivity index (χ4v) is 3.94. The van der Waals surface area contributed by atoms with Crippen molar-refractivity contribution in [2.45, 2.75) is 25.8 Å². The highest BCUT2D eigenvalue weighted by molar-refractivity contribution is 6.23. The van der Waals surface area contributed by atoms with Crippen LogP contribution in [-0.2, 0) is 17.6 Å². The van der Waals surface area contributed by atoms with E-state index in [9.17, 15) is 19.2 Å². The zero-order valence-corrected chi connectivity index (χ0v) is 18.2. The van der Waals surface area contributed by atoms with Gasteiger partial charge in [0.25, 0.3) is 17.4 Å². The molecule has 0 radical (unpaired) electrons. The van der Waals surface area contributed by atoms with E-state index >= 15 is 0 Å². The topological polar surface area (TPSA) is 130 Å². The molecule has 10 nitrogen and oxygen atoms in total. The molecule has 170 valence electrons. The summed E-state index contributed by atoms with van der Waals surface area (Å²) >= 11 is 0. The van der Waals surface area contributed by atoms with Gasteiger partial charge in [0, 0.05) is 12.5 Å². The van der Waals surface area contributed by atoms with Crippen molar-refractivity contribution in [2.24, 2.45) is 0 Å². The number of hydrogen-bond acceptors (Lipinski definition) is 6. The number of carbonyl (C=O) groups excluding carboxylic acids is 3. The number of nitrogens with zero attached hydrogens (tertiary/aromatic N) is 4. The van der Waals surface area contributed by atoms with Crippen molar-refractivity contribution in [1.29, 1.82) is 0 Å². The van der Waals surface area contributed by atoms with Crippen LogP contribution < -0.4 is 10.9 Å². The highest BCUT2D eigenvalue weighted by atomic mass is 16.2. The molecule has 0 saturated heterocycles. The van der Waals surface area contributed by atoms with E-state index in [4.69, 9.17) is 0 Å². The molecular formula is C24H20N6O4. The van der Waals surface area contributed by atoms with Crippen LogP contribution >= 0.6 is 0 Å². The minimum Gasteiger partial charge on any atom is -0.309 e. The second-order valence-corrected chi connectivity index (χ2v) is 7.96. The number of imide groups is 1. The third-order valence-corrected chi connectivity index (χ3v) is 5.71. The van der Waals surface area contributed by atoms with Gasteiger partial charge in [-0.3, -0.25) is 29.1 Å². The average molecular weight is 456 g/mol. The third kappa shape index (κ3) is 3.75. The lowest BCUT2D eigenvalue weighted by Gasteiger charge is -2.21. The van der Waals surface area contributed by atoms with Crippen LogP contribution in [0, 0.1) is 0 Å². The molecule has 1 aliphatic heterocycles. The first-order valence-electron chi connectivity index (χ1n) is 10.7. The van der Waals surface area contributed by atoms with Gasteiger partial charge >= 0.3 is 0 Å². The van der Waals surface area contributed by atoms with Crippen LogP contribution in [0.25, 0.3) is 5.78 Å². The minimum atomic E-state index is -1.11. The Balaban J connectivity index is 1.37. The number of amides is 3. The molecule has 2 N–H and O–H groups in total. The number of aryl methyl sites for hydroxylation is 2. The minimum absolute atomic E-state index is 0.0886. The van der Waals surface area contributed by atoms with Crippen LogP contribution in [0.2, 0.25) is 0 Å². The van der Waals surface area contributed by atoms with Gasteiger partial charge < -0.3 is 5.32 Å². The van der Waals surface area contributed by atoms with E-state index in [-0.39, 0.29) is 22.7 Å². The number of carbonyl (C=O) groups is 3. The van der Waals surface area contributed by atoms with E-state index in [1.165, 1.54) is 17.5 Å². The molecule has 0 fully saturated rings. The first kappa shape index (κ1) is 21.3. The number of rotatable bonds is 6. The Morgan fingerprint density at radius 3 is 2.29 bits per heavy atom. The predicted octanol–water partition coefficient (Wildman–Crippen LogP) is 1.83. The van der Waals surface area contributed by atoms with E-state index in [2.05, 4.69) is 20.4 Å². The molecule has 1 unspecified atom stereocenters. The Kier molecular flexibility index (Phi) is 5.25. The normalized spacial score (nSPS) is 13.9. The van der Waals surface area contributed by atoms with Crippen LogP contribution in [0.5, 0.6) is 0 Å². The Morgan fingerprint density at radius 2 is 1.62 bits per heavy atom. The lowest BCUT2D eigenvalue weighted by atomic mass is 10.1. The molecule has 2 aromatic heterocycles. The SMILES string of the molecule is CC(C(=O)Nc1cc(=O)[nH]c2nc(CCc3ccccc3)nn12)N1C(=O)c2ccccc2C1=O. The molecule has 0 bridgehead atoms. The summed E-state index contributed by atoms with van der Waals surface area (Å²) in [6, 6.07) is 16.3. The number of nitrogens with one attached hydrogen (secondary N) is 2. The van der Waals surface area contributed by atoms with Crippen LogP contribution in [0.1, 0.15) is 39.0 Å². The molecule has 1 atom stereocenters. The summed E-state index contributed by atoms with van der Waals surface area (Å²) in [4.78, 5) is 58.4. The molecule has 2 aromatic carbocycles. The van der Waals surface area contributed by atoms with Gasteiger partial charge in [-0.1, -0.05) is 42.5 Å². The lowest BCUT2D eigenvalue weighted by molar-refractivity contribution is -0.119.